The fourth-order valence-corrected chi connectivity index (χ4v) is 3.41. The van der Waals surface area contributed by atoms with Crippen molar-refractivity contribution < 1.29 is 19.3 Å². The molecule has 24 heavy (non-hydrogen) atoms. The van der Waals surface area contributed by atoms with E-state index in [-0.39, 0.29) is 0 Å². The van der Waals surface area contributed by atoms with Gasteiger partial charge in [-0.25, -0.2) is 0 Å². The molecule has 1 fully saturated rings. The Kier molecular flexibility index (Phi) is 7.34. The molecule has 0 amide bonds. The first kappa shape index (κ1) is 19.0. The second kappa shape index (κ2) is 9.25. The topological polar surface area (TPSA) is 51.2 Å². The van der Waals surface area contributed by atoms with Gasteiger partial charge in [0.25, 0.3) is 0 Å². The Balaban J connectivity index is 1.79. The molecule has 1 aliphatic heterocycles. The van der Waals surface area contributed by atoms with Crippen LogP contribution in [0.15, 0.2) is 18.2 Å². The number of aliphatic hydroxyl groups excluding tert-OH is 1. The van der Waals surface area contributed by atoms with Gasteiger partial charge in [0.1, 0.15) is 0 Å². The minimum atomic E-state index is -0.465. The summed E-state index contributed by atoms with van der Waals surface area (Å²) in [5, 5.41) is 10.3. The number of β-amino-alcohol motifs (C(OH)–C–C–N with tert-alkyl or cyclic N) is 1. The van der Waals surface area contributed by atoms with Crippen molar-refractivity contribution in [2.45, 2.75) is 57.9 Å². The number of aliphatic hydroxyl groups is 1. The zero-order chi connectivity index (χ0) is 17.5. The Morgan fingerprint density at radius 2 is 1.79 bits per heavy atom. The standard InChI is InChI=1S/C19H31NO4/c1-14-6-5-7-15(2)20(14)11-17(21)13-24-12-16-8-9-18(22-3)19(10-16)23-4/h8-10,14-15,17,21H,5-7,11-13H2,1-4H3/t14-,15+,17-/m0/s1. The number of ether oxygens (including phenoxy) is 3. The summed E-state index contributed by atoms with van der Waals surface area (Å²) in [6.45, 7) is 5.95. The third kappa shape index (κ3) is 5.10. The number of piperidine rings is 1. The van der Waals surface area contributed by atoms with Gasteiger partial charge in [-0.1, -0.05) is 12.5 Å². The van der Waals surface area contributed by atoms with Gasteiger partial charge >= 0.3 is 0 Å². The monoisotopic (exact) mass is 337 g/mol. The lowest BCUT2D eigenvalue weighted by Crippen LogP contribution is -2.48. The van der Waals surface area contributed by atoms with Crippen LogP contribution >= 0.6 is 0 Å². The Hall–Kier alpha value is -1.30. The molecule has 0 aliphatic carbocycles. The van der Waals surface area contributed by atoms with Gasteiger partial charge in [-0.3, -0.25) is 4.90 Å². The molecule has 0 unspecified atom stereocenters. The molecule has 5 nitrogen and oxygen atoms in total. The maximum Gasteiger partial charge on any atom is 0.161 e. The first-order valence-electron chi connectivity index (χ1n) is 8.77. The Morgan fingerprint density at radius 1 is 1.12 bits per heavy atom. The van der Waals surface area contributed by atoms with Gasteiger partial charge < -0.3 is 19.3 Å². The largest absolute Gasteiger partial charge is 0.493 e. The molecule has 0 bridgehead atoms. The van der Waals surface area contributed by atoms with Gasteiger partial charge in [0.05, 0.1) is 33.5 Å². The second-order valence-corrected chi connectivity index (χ2v) is 6.68. The number of rotatable bonds is 8. The smallest absolute Gasteiger partial charge is 0.161 e. The summed E-state index contributed by atoms with van der Waals surface area (Å²) in [5.74, 6) is 1.39. The van der Waals surface area contributed by atoms with E-state index >= 15 is 0 Å². The zero-order valence-electron chi connectivity index (χ0n) is 15.3. The van der Waals surface area contributed by atoms with Crippen LogP contribution in [-0.2, 0) is 11.3 Å². The van der Waals surface area contributed by atoms with E-state index in [1.807, 2.05) is 18.2 Å². The third-order valence-electron chi connectivity index (χ3n) is 4.82. The molecule has 1 aromatic carbocycles. The molecular weight excluding hydrogens is 306 g/mol. The van der Waals surface area contributed by atoms with Gasteiger partial charge in [0.15, 0.2) is 11.5 Å². The van der Waals surface area contributed by atoms with E-state index in [1.54, 1.807) is 14.2 Å². The number of methoxy groups -OCH3 is 2. The van der Waals surface area contributed by atoms with Crippen LogP contribution in [0.3, 0.4) is 0 Å². The van der Waals surface area contributed by atoms with Crippen molar-refractivity contribution in [3.63, 3.8) is 0 Å². The SMILES string of the molecule is COc1ccc(COC[C@@H](O)CN2[C@H](C)CCC[C@@H]2C)cc1OC. The van der Waals surface area contributed by atoms with E-state index in [2.05, 4.69) is 18.7 Å². The molecule has 1 N–H and O–H groups in total. The van der Waals surface area contributed by atoms with Crippen molar-refractivity contribution in [2.24, 2.45) is 0 Å². The van der Waals surface area contributed by atoms with Crippen LogP contribution in [0.1, 0.15) is 38.7 Å². The molecule has 0 spiro atoms. The molecule has 136 valence electrons. The van der Waals surface area contributed by atoms with Crippen LogP contribution in [-0.4, -0.2) is 55.6 Å². The predicted octanol–water partition coefficient (Wildman–Crippen LogP) is 2.84. The molecule has 2 rings (SSSR count). The number of likely N-dealkylation sites (tertiary alicyclic amines) is 1. The average Bonchev–Trinajstić information content (AvgIpc) is 2.58. The zero-order valence-corrected chi connectivity index (χ0v) is 15.3. The fourth-order valence-electron chi connectivity index (χ4n) is 3.41. The van der Waals surface area contributed by atoms with Crippen molar-refractivity contribution in [1.82, 2.24) is 4.90 Å². The van der Waals surface area contributed by atoms with Crippen molar-refractivity contribution in [3.05, 3.63) is 23.8 Å². The minimum absolute atomic E-state index is 0.338. The van der Waals surface area contributed by atoms with Crippen molar-refractivity contribution in [2.75, 3.05) is 27.4 Å². The van der Waals surface area contributed by atoms with Crippen LogP contribution in [0.4, 0.5) is 0 Å². The highest BCUT2D eigenvalue weighted by molar-refractivity contribution is 5.42. The van der Waals surface area contributed by atoms with E-state index in [9.17, 15) is 5.11 Å². The van der Waals surface area contributed by atoms with Crippen LogP contribution in [0.2, 0.25) is 0 Å². The second-order valence-electron chi connectivity index (χ2n) is 6.68. The maximum absolute atomic E-state index is 10.3. The van der Waals surface area contributed by atoms with Crippen LogP contribution in [0.25, 0.3) is 0 Å². The fraction of sp³-hybridized carbons (Fsp3) is 0.684. The van der Waals surface area contributed by atoms with Gasteiger partial charge in [-0.2, -0.15) is 0 Å². The van der Waals surface area contributed by atoms with Crippen molar-refractivity contribution in [1.29, 1.82) is 0 Å². The Bertz CT molecular complexity index is 498. The summed E-state index contributed by atoms with van der Waals surface area (Å²) in [6.07, 6.45) is 3.24. The third-order valence-corrected chi connectivity index (χ3v) is 4.82. The van der Waals surface area contributed by atoms with E-state index in [1.165, 1.54) is 19.3 Å². The molecule has 1 saturated heterocycles. The van der Waals surface area contributed by atoms with E-state index in [4.69, 9.17) is 14.2 Å². The van der Waals surface area contributed by atoms with Crippen LogP contribution in [0, 0.1) is 0 Å². The molecule has 0 radical (unpaired) electrons. The molecule has 3 atom stereocenters. The number of nitrogens with zero attached hydrogens (tertiary/aromatic N) is 1. The summed E-state index contributed by atoms with van der Waals surface area (Å²) in [4.78, 5) is 2.40. The quantitative estimate of drug-likeness (QED) is 0.790. The number of hydrogen-bond acceptors (Lipinski definition) is 5. The summed E-state index contributed by atoms with van der Waals surface area (Å²) in [7, 11) is 3.24. The molecular formula is C19H31NO4. The number of hydrogen-bond donors (Lipinski definition) is 1. The number of benzene rings is 1. The molecule has 1 heterocycles. The molecule has 5 heteroatoms. The lowest BCUT2D eigenvalue weighted by molar-refractivity contribution is -0.0135. The average molecular weight is 337 g/mol. The van der Waals surface area contributed by atoms with Gasteiger partial charge in [0, 0.05) is 18.6 Å². The minimum Gasteiger partial charge on any atom is -0.493 e. The van der Waals surface area contributed by atoms with E-state index < -0.39 is 6.10 Å². The molecule has 1 aromatic rings. The first-order chi connectivity index (χ1) is 11.5. The van der Waals surface area contributed by atoms with Crippen LogP contribution < -0.4 is 9.47 Å². The van der Waals surface area contributed by atoms with Crippen molar-refractivity contribution in [3.8, 4) is 11.5 Å². The highest BCUT2D eigenvalue weighted by Gasteiger charge is 2.26. The molecule has 0 aromatic heterocycles. The summed E-state index contributed by atoms with van der Waals surface area (Å²) < 4.78 is 16.2. The van der Waals surface area contributed by atoms with Gasteiger partial charge in [0.2, 0.25) is 0 Å². The lowest BCUT2D eigenvalue weighted by atomic mass is 9.97. The van der Waals surface area contributed by atoms with Crippen molar-refractivity contribution >= 4 is 0 Å². The van der Waals surface area contributed by atoms with E-state index in [0.717, 1.165) is 5.56 Å². The highest BCUT2D eigenvalue weighted by atomic mass is 16.5. The maximum atomic E-state index is 10.3. The Morgan fingerprint density at radius 3 is 2.42 bits per heavy atom. The first-order valence-corrected chi connectivity index (χ1v) is 8.77. The van der Waals surface area contributed by atoms with Crippen LogP contribution in [0.5, 0.6) is 11.5 Å². The molecule has 0 saturated carbocycles. The summed E-state index contributed by atoms with van der Waals surface area (Å²) >= 11 is 0. The van der Waals surface area contributed by atoms with Gasteiger partial charge in [-0.15, -0.1) is 0 Å². The van der Waals surface area contributed by atoms with E-state index in [0.29, 0.717) is 43.3 Å². The molecule has 1 aliphatic rings. The predicted molar refractivity (Wildman–Crippen MR) is 94.7 cm³/mol. The highest BCUT2D eigenvalue weighted by Crippen LogP contribution is 2.28. The normalized spacial score (nSPS) is 23.0. The summed E-state index contributed by atoms with van der Waals surface area (Å²) in [5.41, 5.74) is 1.000. The Labute approximate surface area is 145 Å². The van der Waals surface area contributed by atoms with Gasteiger partial charge in [-0.05, 0) is 44.4 Å². The lowest BCUT2D eigenvalue weighted by Gasteiger charge is -2.40. The summed E-state index contributed by atoms with van der Waals surface area (Å²) in [6, 6.07) is 6.79.